The molecular weight excluding hydrogens is 274 g/mol. The first-order valence-electron chi connectivity index (χ1n) is 4.90. The molecule has 1 aromatic carbocycles. The first-order valence-corrected chi connectivity index (χ1v) is 6.09. The lowest BCUT2D eigenvalue weighted by atomic mass is 10.3. The van der Waals surface area contributed by atoms with Crippen molar-refractivity contribution in [3.05, 3.63) is 51.7 Å². The van der Waals surface area contributed by atoms with E-state index in [1.165, 1.54) is 23.9 Å². The molecule has 18 heavy (non-hydrogen) atoms. The third-order valence-corrected chi connectivity index (χ3v) is 3.66. The zero-order chi connectivity index (χ0) is 13.1. The van der Waals surface area contributed by atoms with Gasteiger partial charge in [0.05, 0.1) is 15.6 Å². The first kappa shape index (κ1) is 12.7. The summed E-state index contributed by atoms with van der Waals surface area (Å²) in [6, 6.07) is 7.75. The number of nitrogens with zero attached hydrogens (tertiary/aromatic N) is 2. The monoisotopic (exact) mass is 281 g/mol. The van der Waals surface area contributed by atoms with E-state index in [-0.39, 0.29) is 5.69 Å². The fraction of sp³-hybridized carbons (Fsp3) is 0. The van der Waals surface area contributed by atoms with Crippen LogP contribution in [0.4, 0.5) is 11.4 Å². The third-order valence-electron chi connectivity index (χ3n) is 2.14. The Bertz CT molecular complexity index is 607. The maximum absolute atomic E-state index is 10.6. The number of nitrogen functional groups attached to an aromatic ring is 1. The maximum atomic E-state index is 10.6. The Kier molecular flexibility index (Phi) is 3.69. The molecular formula is C11H8ClN3O2S. The topological polar surface area (TPSA) is 82.0 Å². The van der Waals surface area contributed by atoms with Crippen LogP contribution in [0.3, 0.4) is 0 Å². The van der Waals surface area contributed by atoms with Gasteiger partial charge in [0.25, 0.3) is 5.69 Å². The Labute approximate surface area is 112 Å². The van der Waals surface area contributed by atoms with E-state index in [0.29, 0.717) is 20.6 Å². The van der Waals surface area contributed by atoms with Crippen LogP contribution in [0.15, 0.2) is 46.5 Å². The van der Waals surface area contributed by atoms with E-state index >= 15 is 0 Å². The van der Waals surface area contributed by atoms with Crippen molar-refractivity contribution >= 4 is 34.7 Å². The molecule has 92 valence electrons. The highest BCUT2D eigenvalue weighted by atomic mass is 35.5. The van der Waals surface area contributed by atoms with Crippen LogP contribution in [0, 0.1) is 10.1 Å². The molecule has 0 aliphatic heterocycles. The van der Waals surface area contributed by atoms with Gasteiger partial charge in [0.1, 0.15) is 5.03 Å². The first-order chi connectivity index (χ1) is 8.58. The molecule has 7 heteroatoms. The number of nitro benzene ring substituents is 1. The molecule has 0 fully saturated rings. The molecule has 2 rings (SSSR count). The Morgan fingerprint density at radius 3 is 2.78 bits per heavy atom. The molecule has 0 unspecified atom stereocenters. The number of rotatable bonds is 3. The number of aromatic nitrogens is 1. The van der Waals surface area contributed by atoms with Crippen molar-refractivity contribution in [2.45, 2.75) is 9.92 Å². The lowest BCUT2D eigenvalue weighted by molar-refractivity contribution is -0.384. The highest BCUT2D eigenvalue weighted by Gasteiger charge is 2.11. The van der Waals surface area contributed by atoms with Gasteiger partial charge in [-0.3, -0.25) is 10.1 Å². The summed E-state index contributed by atoms with van der Waals surface area (Å²) in [5.41, 5.74) is 6.05. The third kappa shape index (κ3) is 2.72. The van der Waals surface area contributed by atoms with Crippen LogP contribution in [-0.2, 0) is 0 Å². The zero-order valence-corrected chi connectivity index (χ0v) is 10.6. The number of nitro groups is 1. The normalized spacial score (nSPS) is 10.3. The largest absolute Gasteiger partial charge is 0.398 e. The van der Waals surface area contributed by atoms with Crippen molar-refractivity contribution in [1.82, 2.24) is 4.98 Å². The van der Waals surface area contributed by atoms with E-state index in [1.54, 1.807) is 24.4 Å². The number of halogens is 1. The summed E-state index contributed by atoms with van der Waals surface area (Å²) in [7, 11) is 0. The van der Waals surface area contributed by atoms with Crippen LogP contribution in [0.25, 0.3) is 0 Å². The number of benzene rings is 1. The van der Waals surface area contributed by atoms with Gasteiger partial charge in [0.15, 0.2) is 0 Å². The van der Waals surface area contributed by atoms with Gasteiger partial charge in [-0.15, -0.1) is 0 Å². The number of pyridine rings is 1. The Balaban J connectivity index is 2.30. The van der Waals surface area contributed by atoms with E-state index in [4.69, 9.17) is 17.3 Å². The molecule has 0 radical (unpaired) electrons. The zero-order valence-electron chi connectivity index (χ0n) is 9.04. The highest BCUT2D eigenvalue weighted by Crippen LogP contribution is 2.35. The molecule has 2 aromatic rings. The molecule has 2 N–H and O–H groups in total. The van der Waals surface area contributed by atoms with Gasteiger partial charge >= 0.3 is 0 Å². The van der Waals surface area contributed by atoms with Gasteiger partial charge in [-0.25, -0.2) is 4.98 Å². The highest BCUT2D eigenvalue weighted by molar-refractivity contribution is 7.99. The minimum atomic E-state index is -0.488. The van der Waals surface area contributed by atoms with E-state index in [0.717, 1.165) is 0 Å². The van der Waals surface area contributed by atoms with Crippen molar-refractivity contribution in [3.8, 4) is 0 Å². The predicted molar refractivity (Wildman–Crippen MR) is 70.9 cm³/mol. The lowest BCUT2D eigenvalue weighted by Gasteiger charge is -2.05. The van der Waals surface area contributed by atoms with E-state index in [1.807, 2.05) is 0 Å². The lowest BCUT2D eigenvalue weighted by Crippen LogP contribution is -1.93. The summed E-state index contributed by atoms with van der Waals surface area (Å²) in [6.45, 7) is 0. The fourth-order valence-corrected chi connectivity index (χ4v) is 2.33. The number of nitrogens with two attached hydrogens (primary N) is 1. The van der Waals surface area contributed by atoms with Crippen LogP contribution >= 0.6 is 23.4 Å². The summed E-state index contributed by atoms with van der Waals surface area (Å²) in [5, 5.41) is 11.7. The second-order valence-corrected chi connectivity index (χ2v) is 4.81. The number of anilines is 1. The van der Waals surface area contributed by atoms with Crippen molar-refractivity contribution in [1.29, 1.82) is 0 Å². The Morgan fingerprint density at radius 2 is 2.17 bits per heavy atom. The van der Waals surface area contributed by atoms with Gasteiger partial charge in [-0.2, -0.15) is 0 Å². The summed E-state index contributed by atoms with van der Waals surface area (Å²) in [5.74, 6) is 0. The average Bonchev–Trinajstić information content (AvgIpc) is 2.34. The fourth-order valence-electron chi connectivity index (χ4n) is 1.29. The van der Waals surface area contributed by atoms with Crippen molar-refractivity contribution in [3.63, 3.8) is 0 Å². The van der Waals surface area contributed by atoms with Crippen molar-refractivity contribution in [2.75, 3.05) is 5.73 Å². The molecule has 0 aliphatic rings. The second kappa shape index (κ2) is 5.24. The maximum Gasteiger partial charge on any atom is 0.271 e. The van der Waals surface area contributed by atoms with Crippen LogP contribution < -0.4 is 5.73 Å². The van der Waals surface area contributed by atoms with Crippen LogP contribution in [0.5, 0.6) is 0 Å². The molecule has 0 amide bonds. The van der Waals surface area contributed by atoms with Crippen molar-refractivity contribution < 1.29 is 4.92 Å². The Hall–Kier alpha value is -1.79. The molecule has 0 atom stereocenters. The summed E-state index contributed by atoms with van der Waals surface area (Å²) >= 11 is 7.25. The quantitative estimate of drug-likeness (QED) is 0.530. The number of non-ortho nitro benzene ring substituents is 1. The van der Waals surface area contributed by atoms with Gasteiger partial charge in [0, 0.05) is 23.2 Å². The van der Waals surface area contributed by atoms with Crippen molar-refractivity contribution in [2.24, 2.45) is 0 Å². The second-order valence-electron chi connectivity index (χ2n) is 3.37. The smallest absolute Gasteiger partial charge is 0.271 e. The van der Waals surface area contributed by atoms with Crippen LogP contribution in [0.1, 0.15) is 0 Å². The SMILES string of the molecule is Nc1cc([N+](=O)[O-])ccc1Sc1ncccc1Cl. The predicted octanol–water partition coefficient (Wildman–Crippen LogP) is 3.38. The molecule has 5 nitrogen and oxygen atoms in total. The Morgan fingerprint density at radius 1 is 1.39 bits per heavy atom. The van der Waals surface area contributed by atoms with Crippen LogP contribution in [-0.4, -0.2) is 9.91 Å². The molecule has 0 aliphatic carbocycles. The summed E-state index contributed by atoms with van der Waals surface area (Å²) < 4.78 is 0. The molecule has 1 heterocycles. The van der Waals surface area contributed by atoms with Gasteiger partial charge in [-0.05, 0) is 18.2 Å². The van der Waals surface area contributed by atoms with Crippen LogP contribution in [0.2, 0.25) is 5.02 Å². The van der Waals surface area contributed by atoms with E-state index in [9.17, 15) is 10.1 Å². The molecule has 1 aromatic heterocycles. The van der Waals surface area contributed by atoms with Gasteiger partial charge < -0.3 is 5.73 Å². The molecule has 0 saturated heterocycles. The van der Waals surface area contributed by atoms with Gasteiger partial charge in [-0.1, -0.05) is 23.4 Å². The minimum Gasteiger partial charge on any atom is -0.398 e. The molecule has 0 bridgehead atoms. The summed E-state index contributed by atoms with van der Waals surface area (Å²) in [6.07, 6.45) is 1.62. The molecule has 0 spiro atoms. The average molecular weight is 282 g/mol. The summed E-state index contributed by atoms with van der Waals surface area (Å²) in [4.78, 5) is 14.9. The van der Waals surface area contributed by atoms with E-state index < -0.39 is 4.92 Å². The minimum absolute atomic E-state index is 0.0380. The number of hydrogen-bond acceptors (Lipinski definition) is 5. The standard InChI is InChI=1S/C11H8ClN3O2S/c12-8-2-1-5-14-11(8)18-10-4-3-7(15(16)17)6-9(10)13/h1-6H,13H2. The van der Waals surface area contributed by atoms with E-state index in [2.05, 4.69) is 4.98 Å². The molecule has 0 saturated carbocycles. The van der Waals surface area contributed by atoms with Gasteiger partial charge in [0.2, 0.25) is 0 Å². The number of hydrogen-bond donors (Lipinski definition) is 1.